The SMILES string of the molecule is CCC1CCCC(C(C)(O)C(C)(C)C)C1. The molecule has 90 valence electrons. The fourth-order valence-corrected chi connectivity index (χ4v) is 2.78. The van der Waals surface area contributed by atoms with Crippen LogP contribution in [0.3, 0.4) is 0 Å². The Labute approximate surface area is 95.3 Å². The normalized spacial score (nSPS) is 32.4. The molecule has 0 saturated heterocycles. The molecule has 3 unspecified atom stereocenters. The average molecular weight is 212 g/mol. The zero-order valence-electron chi connectivity index (χ0n) is 11.1. The van der Waals surface area contributed by atoms with E-state index in [4.69, 9.17) is 0 Å². The molecule has 1 rings (SSSR count). The van der Waals surface area contributed by atoms with Gasteiger partial charge in [-0.3, -0.25) is 0 Å². The monoisotopic (exact) mass is 212 g/mol. The molecule has 3 atom stereocenters. The topological polar surface area (TPSA) is 20.2 Å². The third kappa shape index (κ3) is 2.75. The third-order valence-corrected chi connectivity index (χ3v) is 4.67. The molecule has 1 aliphatic rings. The fraction of sp³-hybridized carbons (Fsp3) is 1.00. The number of aliphatic hydroxyl groups is 1. The summed E-state index contributed by atoms with van der Waals surface area (Å²) in [5.74, 6) is 1.34. The molecule has 0 amide bonds. The van der Waals surface area contributed by atoms with E-state index in [9.17, 15) is 5.11 Å². The third-order valence-electron chi connectivity index (χ3n) is 4.67. The van der Waals surface area contributed by atoms with Crippen LogP contribution in [0.15, 0.2) is 0 Å². The molecular formula is C14H28O. The Kier molecular flexibility index (Phi) is 3.86. The molecule has 0 radical (unpaired) electrons. The Morgan fingerprint density at radius 3 is 2.20 bits per heavy atom. The number of hydrogen-bond donors (Lipinski definition) is 1. The molecule has 15 heavy (non-hydrogen) atoms. The van der Waals surface area contributed by atoms with Gasteiger partial charge in [-0.1, -0.05) is 47.0 Å². The Morgan fingerprint density at radius 1 is 1.13 bits per heavy atom. The highest BCUT2D eigenvalue weighted by Crippen LogP contribution is 2.44. The van der Waals surface area contributed by atoms with Gasteiger partial charge < -0.3 is 5.11 Å². The van der Waals surface area contributed by atoms with Crippen LogP contribution in [-0.2, 0) is 0 Å². The van der Waals surface area contributed by atoms with E-state index in [0.29, 0.717) is 5.92 Å². The molecule has 1 fully saturated rings. The van der Waals surface area contributed by atoms with Crippen LogP contribution < -0.4 is 0 Å². The summed E-state index contributed by atoms with van der Waals surface area (Å²) in [6.07, 6.45) is 6.38. The molecular weight excluding hydrogens is 184 g/mol. The predicted octanol–water partition coefficient (Wildman–Crippen LogP) is 4.00. The minimum Gasteiger partial charge on any atom is -0.389 e. The predicted molar refractivity (Wildman–Crippen MR) is 65.8 cm³/mol. The van der Waals surface area contributed by atoms with Gasteiger partial charge >= 0.3 is 0 Å². The van der Waals surface area contributed by atoms with Crippen molar-refractivity contribution >= 4 is 0 Å². The van der Waals surface area contributed by atoms with Crippen molar-refractivity contribution in [3.63, 3.8) is 0 Å². The van der Waals surface area contributed by atoms with E-state index in [1.807, 2.05) is 6.92 Å². The second-order valence-electron chi connectivity index (χ2n) is 6.54. The van der Waals surface area contributed by atoms with Crippen molar-refractivity contribution < 1.29 is 5.11 Å². The van der Waals surface area contributed by atoms with Crippen molar-refractivity contribution in [2.75, 3.05) is 0 Å². The molecule has 1 saturated carbocycles. The van der Waals surface area contributed by atoms with Gasteiger partial charge in [-0.15, -0.1) is 0 Å². The molecule has 0 heterocycles. The summed E-state index contributed by atoms with van der Waals surface area (Å²) in [5, 5.41) is 10.7. The molecule has 0 aromatic carbocycles. The van der Waals surface area contributed by atoms with E-state index < -0.39 is 5.60 Å². The summed E-state index contributed by atoms with van der Waals surface area (Å²) < 4.78 is 0. The van der Waals surface area contributed by atoms with Gasteiger partial charge in [0.15, 0.2) is 0 Å². The molecule has 0 aromatic rings. The molecule has 0 aromatic heterocycles. The van der Waals surface area contributed by atoms with Crippen LogP contribution in [0.2, 0.25) is 0 Å². The van der Waals surface area contributed by atoms with Crippen LogP contribution in [0.5, 0.6) is 0 Å². The van der Waals surface area contributed by atoms with Crippen LogP contribution in [0, 0.1) is 17.3 Å². The van der Waals surface area contributed by atoms with Crippen LogP contribution in [0.1, 0.15) is 66.7 Å². The first-order chi connectivity index (χ1) is 6.79. The zero-order valence-corrected chi connectivity index (χ0v) is 11.1. The van der Waals surface area contributed by atoms with Crippen molar-refractivity contribution in [1.82, 2.24) is 0 Å². The first-order valence-corrected chi connectivity index (χ1v) is 6.51. The summed E-state index contributed by atoms with van der Waals surface area (Å²) in [5.41, 5.74) is -0.520. The van der Waals surface area contributed by atoms with Gasteiger partial charge in [-0.05, 0) is 37.0 Å². The Bertz CT molecular complexity index is 200. The highest BCUT2D eigenvalue weighted by atomic mass is 16.3. The molecule has 1 N–H and O–H groups in total. The lowest BCUT2D eigenvalue weighted by Gasteiger charge is -2.46. The summed E-state index contributed by atoms with van der Waals surface area (Å²) >= 11 is 0. The Balaban J connectivity index is 2.70. The lowest BCUT2D eigenvalue weighted by Crippen LogP contribution is -2.48. The second-order valence-corrected chi connectivity index (χ2v) is 6.54. The molecule has 0 bridgehead atoms. The Morgan fingerprint density at radius 2 is 1.73 bits per heavy atom. The van der Waals surface area contributed by atoms with E-state index in [1.165, 1.54) is 32.1 Å². The van der Waals surface area contributed by atoms with E-state index in [-0.39, 0.29) is 5.41 Å². The summed E-state index contributed by atoms with van der Waals surface area (Å²) in [4.78, 5) is 0. The largest absolute Gasteiger partial charge is 0.389 e. The van der Waals surface area contributed by atoms with Crippen molar-refractivity contribution in [2.24, 2.45) is 17.3 Å². The van der Waals surface area contributed by atoms with Gasteiger partial charge in [0.05, 0.1) is 5.60 Å². The van der Waals surface area contributed by atoms with Crippen LogP contribution in [0.25, 0.3) is 0 Å². The van der Waals surface area contributed by atoms with Crippen molar-refractivity contribution in [3.05, 3.63) is 0 Å². The van der Waals surface area contributed by atoms with Crippen molar-refractivity contribution in [1.29, 1.82) is 0 Å². The molecule has 0 spiro atoms. The lowest BCUT2D eigenvalue weighted by molar-refractivity contribution is -0.105. The van der Waals surface area contributed by atoms with E-state index in [0.717, 1.165) is 5.92 Å². The highest BCUT2D eigenvalue weighted by molar-refractivity contribution is 4.94. The van der Waals surface area contributed by atoms with Crippen LogP contribution in [0.4, 0.5) is 0 Å². The summed E-state index contributed by atoms with van der Waals surface area (Å²) in [6.45, 7) is 10.8. The first-order valence-electron chi connectivity index (χ1n) is 6.51. The van der Waals surface area contributed by atoms with Crippen molar-refractivity contribution in [3.8, 4) is 0 Å². The van der Waals surface area contributed by atoms with E-state index in [1.54, 1.807) is 0 Å². The maximum absolute atomic E-state index is 10.7. The smallest absolute Gasteiger partial charge is 0.0695 e. The van der Waals surface area contributed by atoms with Crippen LogP contribution >= 0.6 is 0 Å². The standard InChI is InChI=1S/C14H28O/c1-6-11-8-7-9-12(10-11)14(5,15)13(2,3)4/h11-12,15H,6-10H2,1-5H3. The highest BCUT2D eigenvalue weighted by Gasteiger charge is 2.43. The van der Waals surface area contributed by atoms with Gasteiger partial charge in [0.25, 0.3) is 0 Å². The summed E-state index contributed by atoms with van der Waals surface area (Å²) in [6, 6.07) is 0. The van der Waals surface area contributed by atoms with Crippen molar-refractivity contribution in [2.45, 2.75) is 72.3 Å². The molecule has 0 aliphatic heterocycles. The second kappa shape index (κ2) is 4.45. The number of hydrogen-bond acceptors (Lipinski definition) is 1. The molecule has 1 heteroatoms. The Hall–Kier alpha value is -0.0400. The molecule has 1 aliphatic carbocycles. The average Bonchev–Trinajstić information content (AvgIpc) is 2.16. The maximum Gasteiger partial charge on any atom is 0.0695 e. The fourth-order valence-electron chi connectivity index (χ4n) is 2.78. The van der Waals surface area contributed by atoms with Gasteiger partial charge in [0.1, 0.15) is 0 Å². The minimum atomic E-state index is -0.513. The number of rotatable bonds is 2. The molecule has 1 nitrogen and oxygen atoms in total. The van der Waals surface area contributed by atoms with Gasteiger partial charge in [-0.2, -0.15) is 0 Å². The maximum atomic E-state index is 10.7. The summed E-state index contributed by atoms with van der Waals surface area (Å²) in [7, 11) is 0. The first kappa shape index (κ1) is 13.0. The lowest BCUT2D eigenvalue weighted by atomic mass is 9.63. The minimum absolute atomic E-state index is 0.00665. The van der Waals surface area contributed by atoms with Crippen LogP contribution in [-0.4, -0.2) is 10.7 Å². The van der Waals surface area contributed by atoms with E-state index >= 15 is 0 Å². The zero-order chi connectivity index (χ0) is 11.7. The van der Waals surface area contributed by atoms with Gasteiger partial charge in [0.2, 0.25) is 0 Å². The quantitative estimate of drug-likeness (QED) is 0.733. The van der Waals surface area contributed by atoms with E-state index in [2.05, 4.69) is 27.7 Å². The van der Waals surface area contributed by atoms with Gasteiger partial charge in [-0.25, -0.2) is 0 Å². The van der Waals surface area contributed by atoms with Gasteiger partial charge in [0, 0.05) is 0 Å².